The molecule has 0 aliphatic carbocycles. The van der Waals surface area contributed by atoms with Crippen molar-refractivity contribution in [3.8, 4) is 0 Å². The van der Waals surface area contributed by atoms with Gasteiger partial charge >= 0.3 is 17.9 Å². The molecule has 77 heavy (non-hydrogen) atoms. The van der Waals surface area contributed by atoms with Gasteiger partial charge in [-0.3, -0.25) is 14.4 Å². The Kier molecular flexibility index (Phi) is 64.1. The third kappa shape index (κ3) is 64.3. The second kappa shape index (κ2) is 66.1. The number of unbranched alkanes of at least 4 members (excludes halogenated alkanes) is 47. The van der Waals surface area contributed by atoms with E-state index in [4.69, 9.17) is 14.2 Å². The summed E-state index contributed by atoms with van der Waals surface area (Å²) < 4.78 is 17.0. The van der Waals surface area contributed by atoms with Crippen LogP contribution in [0.25, 0.3) is 0 Å². The minimum absolute atomic E-state index is 0.0703. The number of esters is 3. The zero-order valence-electron chi connectivity index (χ0n) is 52.0. The Bertz CT molecular complexity index is 1290. The lowest BCUT2D eigenvalue weighted by Gasteiger charge is -2.18. The molecule has 0 saturated carbocycles. The predicted octanol–water partition coefficient (Wildman–Crippen LogP) is 23.6. The standard InChI is InChI=1S/C71H132O6/c1-4-7-10-13-16-19-22-25-27-29-31-33-34-35-36-38-39-41-43-46-49-52-55-58-61-64-70(73)76-67-68(66-75-69(72)63-60-57-54-51-48-45-24-21-18-15-12-9-6-3)77-71(74)65-62-59-56-53-50-47-44-42-40-37-32-30-28-26-23-20-17-14-11-8-5-2/h21-22,24-25,29,31,68H,4-20,23,26-28,30,32-67H2,1-3H3/b24-21-,25-22-,31-29-. The van der Waals surface area contributed by atoms with Gasteiger partial charge in [-0.2, -0.15) is 0 Å². The van der Waals surface area contributed by atoms with Gasteiger partial charge in [-0.1, -0.05) is 320 Å². The van der Waals surface area contributed by atoms with E-state index in [2.05, 4.69) is 57.2 Å². The zero-order valence-corrected chi connectivity index (χ0v) is 52.0. The van der Waals surface area contributed by atoms with Crippen LogP contribution in [0.15, 0.2) is 36.5 Å². The van der Waals surface area contributed by atoms with Crippen molar-refractivity contribution in [2.75, 3.05) is 13.2 Å². The highest BCUT2D eigenvalue weighted by atomic mass is 16.6. The third-order valence-electron chi connectivity index (χ3n) is 15.6. The maximum absolute atomic E-state index is 12.9. The summed E-state index contributed by atoms with van der Waals surface area (Å²) in [5.41, 5.74) is 0. The Labute approximate surface area is 480 Å². The van der Waals surface area contributed by atoms with Gasteiger partial charge in [0.25, 0.3) is 0 Å². The number of carbonyl (C=O) groups is 3. The minimum Gasteiger partial charge on any atom is -0.462 e. The fourth-order valence-corrected chi connectivity index (χ4v) is 10.4. The Morgan fingerprint density at radius 1 is 0.260 bits per heavy atom. The molecule has 0 rings (SSSR count). The van der Waals surface area contributed by atoms with Crippen LogP contribution < -0.4 is 0 Å². The van der Waals surface area contributed by atoms with Crippen molar-refractivity contribution in [1.29, 1.82) is 0 Å². The topological polar surface area (TPSA) is 78.9 Å². The van der Waals surface area contributed by atoms with E-state index in [0.29, 0.717) is 19.3 Å². The number of allylic oxidation sites excluding steroid dienone is 6. The van der Waals surface area contributed by atoms with E-state index < -0.39 is 6.10 Å². The second-order valence-electron chi connectivity index (χ2n) is 23.4. The predicted molar refractivity (Wildman–Crippen MR) is 335 cm³/mol. The lowest BCUT2D eigenvalue weighted by Crippen LogP contribution is -2.30. The molecule has 0 amide bonds. The van der Waals surface area contributed by atoms with E-state index in [1.54, 1.807) is 0 Å². The molecule has 6 heteroatoms. The summed E-state index contributed by atoms with van der Waals surface area (Å²) >= 11 is 0. The summed E-state index contributed by atoms with van der Waals surface area (Å²) in [6, 6.07) is 0. The van der Waals surface area contributed by atoms with Crippen molar-refractivity contribution in [2.24, 2.45) is 0 Å². The number of hydrogen-bond donors (Lipinski definition) is 0. The molecule has 0 spiro atoms. The molecular weight excluding hydrogens is 949 g/mol. The maximum atomic E-state index is 12.9. The highest BCUT2D eigenvalue weighted by Gasteiger charge is 2.19. The van der Waals surface area contributed by atoms with E-state index >= 15 is 0 Å². The van der Waals surface area contributed by atoms with Crippen molar-refractivity contribution < 1.29 is 28.6 Å². The Hall–Kier alpha value is -2.37. The number of carbonyl (C=O) groups excluding carboxylic acids is 3. The van der Waals surface area contributed by atoms with Gasteiger partial charge in [-0.15, -0.1) is 0 Å². The van der Waals surface area contributed by atoms with E-state index in [1.165, 1.54) is 270 Å². The lowest BCUT2D eigenvalue weighted by molar-refractivity contribution is -0.167. The SMILES string of the molecule is CCCCCC/C=C\CCCCCCCC(=O)OCC(COC(=O)CCCCCCCCCCCCCCC/C=C\C/C=C\CCCCCCC)OC(=O)CCCCCCCCCCCCCCCCCCCCCCC. The van der Waals surface area contributed by atoms with Gasteiger partial charge in [0.15, 0.2) is 6.10 Å². The maximum Gasteiger partial charge on any atom is 0.306 e. The summed E-state index contributed by atoms with van der Waals surface area (Å²) in [6.07, 6.45) is 81.7. The van der Waals surface area contributed by atoms with Crippen molar-refractivity contribution in [3.05, 3.63) is 36.5 Å². The Morgan fingerprint density at radius 3 is 0.740 bits per heavy atom. The molecule has 0 aliphatic heterocycles. The molecule has 0 aromatic heterocycles. The summed E-state index contributed by atoms with van der Waals surface area (Å²) in [6.45, 7) is 6.68. The molecule has 0 aliphatic rings. The molecule has 0 fully saturated rings. The zero-order chi connectivity index (χ0) is 55.7. The van der Waals surface area contributed by atoms with Gasteiger partial charge in [0, 0.05) is 19.3 Å². The Balaban J connectivity index is 4.24. The van der Waals surface area contributed by atoms with Gasteiger partial charge in [-0.25, -0.2) is 0 Å². The average molecular weight is 1080 g/mol. The van der Waals surface area contributed by atoms with Crippen molar-refractivity contribution in [2.45, 2.75) is 386 Å². The first kappa shape index (κ1) is 74.6. The Morgan fingerprint density at radius 2 is 0.468 bits per heavy atom. The van der Waals surface area contributed by atoms with Crippen LogP contribution in [0, 0.1) is 0 Å². The largest absolute Gasteiger partial charge is 0.462 e. The fourth-order valence-electron chi connectivity index (χ4n) is 10.4. The number of rotatable bonds is 64. The summed E-state index contributed by atoms with van der Waals surface area (Å²) in [5.74, 6) is -0.852. The van der Waals surface area contributed by atoms with Gasteiger partial charge < -0.3 is 14.2 Å². The van der Waals surface area contributed by atoms with Crippen molar-refractivity contribution >= 4 is 17.9 Å². The number of hydrogen-bond acceptors (Lipinski definition) is 6. The smallest absolute Gasteiger partial charge is 0.306 e. The summed E-state index contributed by atoms with van der Waals surface area (Å²) in [7, 11) is 0. The van der Waals surface area contributed by atoms with Crippen LogP contribution >= 0.6 is 0 Å². The molecule has 0 aromatic rings. The van der Waals surface area contributed by atoms with E-state index in [-0.39, 0.29) is 31.1 Å². The van der Waals surface area contributed by atoms with Crippen LogP contribution in [0.3, 0.4) is 0 Å². The van der Waals surface area contributed by atoms with E-state index in [0.717, 1.165) is 70.6 Å². The monoisotopic (exact) mass is 1080 g/mol. The van der Waals surface area contributed by atoms with Crippen LogP contribution in [0.1, 0.15) is 380 Å². The fraction of sp³-hybridized carbons (Fsp3) is 0.873. The molecule has 0 aromatic carbocycles. The van der Waals surface area contributed by atoms with Gasteiger partial charge in [0.05, 0.1) is 0 Å². The van der Waals surface area contributed by atoms with Gasteiger partial charge in [-0.05, 0) is 77.0 Å². The number of ether oxygens (including phenoxy) is 3. The molecule has 6 nitrogen and oxygen atoms in total. The quantitative estimate of drug-likeness (QED) is 0.0261. The molecule has 452 valence electrons. The molecule has 1 atom stereocenters. The van der Waals surface area contributed by atoms with Crippen molar-refractivity contribution in [3.63, 3.8) is 0 Å². The average Bonchev–Trinajstić information content (AvgIpc) is 3.43. The van der Waals surface area contributed by atoms with Crippen LogP contribution in [0.5, 0.6) is 0 Å². The molecule has 1 unspecified atom stereocenters. The molecular formula is C71H132O6. The molecule has 0 heterocycles. The molecule has 0 bridgehead atoms. The highest BCUT2D eigenvalue weighted by molar-refractivity contribution is 5.71. The van der Waals surface area contributed by atoms with E-state index in [9.17, 15) is 14.4 Å². The van der Waals surface area contributed by atoms with Crippen molar-refractivity contribution in [1.82, 2.24) is 0 Å². The molecule has 0 radical (unpaired) electrons. The first-order valence-electron chi connectivity index (χ1n) is 34.5. The van der Waals surface area contributed by atoms with Crippen LogP contribution in [-0.2, 0) is 28.6 Å². The third-order valence-corrected chi connectivity index (χ3v) is 15.6. The minimum atomic E-state index is -0.774. The van der Waals surface area contributed by atoms with Crippen LogP contribution in [-0.4, -0.2) is 37.2 Å². The molecule has 0 N–H and O–H groups in total. The summed E-state index contributed by atoms with van der Waals surface area (Å²) in [5, 5.41) is 0. The van der Waals surface area contributed by atoms with Gasteiger partial charge in [0.2, 0.25) is 0 Å². The first-order chi connectivity index (χ1) is 38.0. The second-order valence-corrected chi connectivity index (χ2v) is 23.4. The van der Waals surface area contributed by atoms with Crippen LogP contribution in [0.2, 0.25) is 0 Å². The van der Waals surface area contributed by atoms with E-state index in [1.807, 2.05) is 0 Å². The highest BCUT2D eigenvalue weighted by Crippen LogP contribution is 2.18. The van der Waals surface area contributed by atoms with Gasteiger partial charge in [0.1, 0.15) is 13.2 Å². The first-order valence-corrected chi connectivity index (χ1v) is 34.5. The molecule has 0 saturated heterocycles. The summed E-state index contributed by atoms with van der Waals surface area (Å²) in [4.78, 5) is 38.4. The lowest BCUT2D eigenvalue weighted by atomic mass is 10.0. The normalized spacial score (nSPS) is 12.2. The van der Waals surface area contributed by atoms with Crippen LogP contribution in [0.4, 0.5) is 0 Å².